The van der Waals surface area contributed by atoms with Crippen molar-refractivity contribution in [2.24, 2.45) is 0 Å². The summed E-state index contributed by atoms with van der Waals surface area (Å²) < 4.78 is 23.3. The highest BCUT2D eigenvalue weighted by molar-refractivity contribution is 8.00. The number of rotatable bonds is 1. The van der Waals surface area contributed by atoms with Crippen molar-refractivity contribution in [2.75, 3.05) is 6.26 Å². The topological polar surface area (TPSA) is 82.5 Å². The van der Waals surface area contributed by atoms with E-state index in [-0.39, 0.29) is 4.91 Å². The molecular weight excluding hydrogens is 240 g/mol. The molecule has 2 rings (SSSR count). The lowest BCUT2D eigenvalue weighted by atomic mass is 9.92. The maximum atomic E-state index is 11.6. The largest absolute Gasteiger partial charge is 0.380 e. The van der Waals surface area contributed by atoms with Gasteiger partial charge in [-0.25, -0.2) is 8.42 Å². The molecule has 1 aliphatic rings. The predicted octanol–water partition coefficient (Wildman–Crippen LogP) is 1.34. The lowest BCUT2D eigenvalue weighted by Gasteiger charge is -2.19. The van der Waals surface area contributed by atoms with Gasteiger partial charge in [0.2, 0.25) is 5.39 Å². The Balaban J connectivity index is 2.72. The Bertz CT molecular complexity index is 628. The molecule has 0 bridgehead atoms. The van der Waals surface area contributed by atoms with Gasteiger partial charge in [0.1, 0.15) is 4.98 Å². The summed E-state index contributed by atoms with van der Waals surface area (Å²) in [6.45, 7) is 0. The summed E-state index contributed by atoms with van der Waals surface area (Å²) in [5.74, 6) is 0. The first-order chi connectivity index (χ1) is 7.95. The highest BCUT2D eigenvalue weighted by atomic mass is 32.2. The van der Waals surface area contributed by atoms with E-state index >= 15 is 0 Å². The average Bonchev–Trinajstić information content (AvgIpc) is 2.28. The molecule has 17 heavy (non-hydrogen) atoms. The minimum atomic E-state index is -3.43. The molecule has 0 saturated heterocycles. The molecule has 6 heteroatoms. The summed E-state index contributed by atoms with van der Waals surface area (Å²) in [4.78, 5) is 3.08. The molecule has 0 amide bonds. The quantitative estimate of drug-likeness (QED) is 0.763. The van der Waals surface area contributed by atoms with E-state index in [4.69, 9.17) is 5.39 Å². The van der Waals surface area contributed by atoms with E-state index in [0.717, 1.165) is 6.26 Å². The van der Waals surface area contributed by atoms with Crippen molar-refractivity contribution in [3.63, 3.8) is 0 Å². The first kappa shape index (κ1) is 11.8. The third-order valence-corrected chi connectivity index (χ3v) is 3.88. The number of diazo groups is 1. The monoisotopic (exact) mass is 251 g/mol. The second kappa shape index (κ2) is 3.95. The Kier molecular flexibility index (Phi) is 2.73. The molecule has 0 spiro atoms. The molecule has 5 nitrogen and oxygen atoms in total. The Labute approximate surface area is 98.9 Å². The Morgan fingerprint density at radius 2 is 2.00 bits per heavy atom. The average molecular weight is 251 g/mol. The number of aliphatic hydroxyl groups excluding tert-OH is 1. The minimum Gasteiger partial charge on any atom is -0.380 e. The van der Waals surface area contributed by atoms with Gasteiger partial charge in [0.25, 0.3) is 0 Å². The summed E-state index contributed by atoms with van der Waals surface area (Å²) in [5.41, 5.74) is 0.917. The van der Waals surface area contributed by atoms with Gasteiger partial charge in [-0.15, -0.1) is 0 Å². The molecule has 0 aliphatic heterocycles. The second-order valence-electron chi connectivity index (χ2n) is 3.94. The van der Waals surface area contributed by atoms with Gasteiger partial charge in [-0.3, -0.25) is 0 Å². The zero-order chi connectivity index (χ0) is 12.6. The van der Waals surface area contributed by atoms with Crippen molar-refractivity contribution < 1.29 is 13.5 Å². The van der Waals surface area contributed by atoms with Crippen LogP contribution in [0, 0.1) is 5.39 Å². The van der Waals surface area contributed by atoms with Crippen LogP contribution in [0.4, 0.5) is 0 Å². The number of benzene rings is 1. The second-order valence-corrected chi connectivity index (χ2v) is 5.93. The van der Waals surface area contributed by atoms with Crippen molar-refractivity contribution in [1.82, 2.24) is 0 Å². The van der Waals surface area contributed by atoms with E-state index in [1.807, 2.05) is 0 Å². The first-order valence-corrected chi connectivity index (χ1v) is 6.87. The number of aliphatic hydroxyl groups is 1. The first-order valence-electron chi connectivity index (χ1n) is 4.98. The fraction of sp³-hybridized carbons (Fsp3) is 0.273. The summed E-state index contributed by atoms with van der Waals surface area (Å²) >= 11 is 0. The van der Waals surface area contributed by atoms with E-state index in [1.54, 1.807) is 24.3 Å². The van der Waals surface area contributed by atoms with Crippen molar-refractivity contribution >= 4 is 14.7 Å². The van der Waals surface area contributed by atoms with Gasteiger partial charge < -0.3 is 5.11 Å². The summed E-state index contributed by atoms with van der Waals surface area (Å²) in [7, 11) is -3.43. The summed E-state index contributed by atoms with van der Waals surface area (Å²) in [6, 6.07) is 5.69. The van der Waals surface area contributed by atoms with Crippen LogP contribution in [0.3, 0.4) is 0 Å². The van der Waals surface area contributed by atoms with Crippen LogP contribution in [0.1, 0.15) is 17.2 Å². The van der Waals surface area contributed by atoms with Crippen LogP contribution < -0.4 is 0 Å². The number of hydrogen-bond acceptors (Lipinski definition) is 4. The van der Waals surface area contributed by atoms with Gasteiger partial charge in [0.15, 0.2) is 15.9 Å². The maximum absolute atomic E-state index is 11.6. The van der Waals surface area contributed by atoms with E-state index < -0.39 is 22.0 Å². The fourth-order valence-corrected chi connectivity index (χ4v) is 2.89. The van der Waals surface area contributed by atoms with Gasteiger partial charge in [0.05, 0.1) is 4.91 Å². The highest BCUT2D eigenvalue weighted by Crippen LogP contribution is 2.36. The summed E-state index contributed by atoms with van der Waals surface area (Å²) in [6.07, 6.45) is 1.33. The normalized spacial score (nSPS) is 23.5. The third kappa shape index (κ3) is 1.95. The molecule has 0 saturated carbocycles. The van der Waals surface area contributed by atoms with E-state index in [0.29, 0.717) is 11.1 Å². The molecule has 2 atom stereocenters. The van der Waals surface area contributed by atoms with E-state index in [1.165, 1.54) is 6.08 Å². The van der Waals surface area contributed by atoms with Gasteiger partial charge in [0, 0.05) is 12.3 Å². The van der Waals surface area contributed by atoms with Crippen LogP contribution in [0.25, 0.3) is 9.88 Å². The van der Waals surface area contributed by atoms with Gasteiger partial charge >= 0.3 is 6.04 Å². The highest BCUT2D eigenvalue weighted by Gasteiger charge is 2.38. The minimum absolute atomic E-state index is 0.0844. The van der Waals surface area contributed by atoms with Crippen LogP contribution in [0.5, 0.6) is 0 Å². The zero-order valence-corrected chi connectivity index (χ0v) is 9.92. The molecule has 88 valence electrons. The Morgan fingerprint density at radius 1 is 1.35 bits per heavy atom. The third-order valence-electron chi connectivity index (χ3n) is 2.72. The van der Waals surface area contributed by atoms with Crippen molar-refractivity contribution in [2.45, 2.75) is 12.1 Å². The lowest BCUT2D eigenvalue weighted by molar-refractivity contribution is 0.172. The number of hydrogen-bond donors (Lipinski definition) is 1. The lowest BCUT2D eigenvalue weighted by Crippen LogP contribution is -2.21. The Morgan fingerprint density at radius 3 is 2.59 bits per heavy atom. The SMILES string of the molecule is CS(=O)(=O)C1=CC([N+]#N)[C@H](O)c2ccccc21. The maximum Gasteiger partial charge on any atom is 0.363 e. The van der Waals surface area contributed by atoms with Crippen LogP contribution >= 0.6 is 0 Å². The van der Waals surface area contributed by atoms with E-state index in [9.17, 15) is 13.5 Å². The van der Waals surface area contributed by atoms with Crippen LogP contribution in [-0.4, -0.2) is 25.8 Å². The molecule has 0 fully saturated rings. The van der Waals surface area contributed by atoms with Crippen molar-refractivity contribution in [3.05, 3.63) is 46.4 Å². The molecular formula is C11H11N2O3S+. The molecule has 0 heterocycles. The summed E-state index contributed by atoms with van der Waals surface area (Å²) in [5, 5.41) is 18.7. The number of sulfone groups is 1. The van der Waals surface area contributed by atoms with Gasteiger partial charge in [-0.05, 0) is 11.1 Å². The van der Waals surface area contributed by atoms with Crippen LogP contribution in [0.2, 0.25) is 0 Å². The van der Waals surface area contributed by atoms with Crippen molar-refractivity contribution in [3.8, 4) is 0 Å². The zero-order valence-electron chi connectivity index (χ0n) is 9.11. The molecule has 1 aromatic rings. The molecule has 1 aromatic carbocycles. The number of nitrogens with zero attached hydrogens (tertiary/aromatic N) is 2. The standard InChI is InChI=1S/C11H11N2O3S/c1-17(15,16)10-6-9(13-12)11(14)8-5-3-2-4-7(8)10/h2-6,9,11,14H,1H3/q+1/t9?,11-/m1/s1. The molecule has 1 N–H and O–H groups in total. The van der Waals surface area contributed by atoms with Gasteiger partial charge in [-0.1, -0.05) is 24.3 Å². The predicted molar refractivity (Wildman–Crippen MR) is 63.1 cm³/mol. The molecule has 1 unspecified atom stereocenters. The smallest absolute Gasteiger partial charge is 0.363 e. The fourth-order valence-electron chi connectivity index (χ4n) is 1.92. The molecule has 0 aromatic heterocycles. The van der Waals surface area contributed by atoms with Gasteiger partial charge in [-0.2, -0.15) is 0 Å². The van der Waals surface area contributed by atoms with Crippen LogP contribution in [0.15, 0.2) is 30.3 Å². The Hall–Kier alpha value is -1.71. The molecule has 0 radical (unpaired) electrons. The molecule has 1 aliphatic carbocycles. The van der Waals surface area contributed by atoms with E-state index in [2.05, 4.69) is 4.98 Å². The van der Waals surface area contributed by atoms with Crippen LogP contribution in [-0.2, 0) is 9.84 Å². The number of fused-ring (bicyclic) bond motifs is 1. The van der Waals surface area contributed by atoms with Crippen molar-refractivity contribution in [1.29, 1.82) is 5.39 Å².